The van der Waals surface area contributed by atoms with Crippen LogP contribution in [0, 0.1) is 0 Å². The molecular weight excluding hydrogens is 382 g/mol. The molecule has 0 aliphatic carbocycles. The summed E-state index contributed by atoms with van der Waals surface area (Å²) >= 11 is 3.31. The summed E-state index contributed by atoms with van der Waals surface area (Å²) in [6.45, 7) is -0.229. The third kappa shape index (κ3) is 5.74. The smallest absolute Gasteiger partial charge is 0.239 e. The van der Waals surface area contributed by atoms with Gasteiger partial charge in [-0.3, -0.25) is 9.78 Å². The number of benzene rings is 1. The number of nitrogens with zero attached hydrogens (tertiary/aromatic N) is 2. The van der Waals surface area contributed by atoms with Crippen LogP contribution in [0.3, 0.4) is 0 Å². The molecular formula is C15H16BrN3O3S. The molecule has 1 aromatic heterocycles. The monoisotopic (exact) mass is 397 g/mol. The number of amides is 1. The summed E-state index contributed by atoms with van der Waals surface area (Å²) < 4.78 is 25.7. The van der Waals surface area contributed by atoms with E-state index in [4.69, 9.17) is 0 Å². The van der Waals surface area contributed by atoms with Gasteiger partial charge in [0.1, 0.15) is 0 Å². The zero-order valence-corrected chi connectivity index (χ0v) is 14.8. The van der Waals surface area contributed by atoms with Crippen molar-refractivity contribution in [2.45, 2.75) is 6.54 Å². The maximum absolute atomic E-state index is 12.1. The van der Waals surface area contributed by atoms with Crippen LogP contribution in [-0.2, 0) is 21.4 Å². The van der Waals surface area contributed by atoms with Crippen LogP contribution in [0.25, 0.3) is 0 Å². The van der Waals surface area contributed by atoms with Crippen LogP contribution in [0.15, 0.2) is 53.1 Å². The van der Waals surface area contributed by atoms with E-state index in [1.54, 1.807) is 42.6 Å². The van der Waals surface area contributed by atoms with Crippen LogP contribution >= 0.6 is 15.9 Å². The van der Waals surface area contributed by atoms with Gasteiger partial charge in [-0.2, -0.15) is 4.31 Å². The van der Waals surface area contributed by atoms with Crippen molar-refractivity contribution < 1.29 is 13.2 Å². The lowest BCUT2D eigenvalue weighted by atomic mass is 10.3. The van der Waals surface area contributed by atoms with E-state index in [1.807, 2.05) is 6.07 Å². The van der Waals surface area contributed by atoms with Gasteiger partial charge in [-0.05, 0) is 30.3 Å². The molecule has 1 amide bonds. The Balaban J connectivity index is 2.07. The van der Waals surface area contributed by atoms with E-state index in [1.165, 1.54) is 0 Å². The number of pyridine rings is 1. The molecule has 23 heavy (non-hydrogen) atoms. The minimum absolute atomic E-state index is 0.0472. The molecule has 1 N–H and O–H groups in total. The SMILES string of the molecule is CS(=O)(=O)N(CC(=O)Nc1cccc(Br)c1)Cc1ccccn1. The van der Waals surface area contributed by atoms with Crippen molar-refractivity contribution in [1.82, 2.24) is 9.29 Å². The third-order valence-corrected chi connectivity index (χ3v) is 4.65. The highest BCUT2D eigenvalue weighted by molar-refractivity contribution is 9.10. The molecule has 122 valence electrons. The highest BCUT2D eigenvalue weighted by atomic mass is 79.9. The second-order valence-corrected chi connectivity index (χ2v) is 7.81. The average molecular weight is 398 g/mol. The van der Waals surface area contributed by atoms with Gasteiger partial charge in [-0.1, -0.05) is 28.1 Å². The number of hydrogen-bond acceptors (Lipinski definition) is 4. The average Bonchev–Trinajstić information content (AvgIpc) is 2.46. The van der Waals surface area contributed by atoms with Gasteiger partial charge in [0.25, 0.3) is 0 Å². The fourth-order valence-electron chi connectivity index (χ4n) is 1.89. The molecule has 0 aliphatic rings. The maximum atomic E-state index is 12.1. The summed E-state index contributed by atoms with van der Waals surface area (Å²) in [4.78, 5) is 16.2. The van der Waals surface area contributed by atoms with Gasteiger partial charge in [0.15, 0.2) is 0 Å². The lowest BCUT2D eigenvalue weighted by molar-refractivity contribution is -0.116. The van der Waals surface area contributed by atoms with Gasteiger partial charge in [0.05, 0.1) is 25.0 Å². The fourth-order valence-corrected chi connectivity index (χ4v) is 3.01. The molecule has 0 fully saturated rings. The van der Waals surface area contributed by atoms with Crippen molar-refractivity contribution in [1.29, 1.82) is 0 Å². The number of carbonyl (C=O) groups excluding carboxylic acids is 1. The first-order chi connectivity index (χ1) is 10.8. The Morgan fingerprint density at radius 1 is 1.26 bits per heavy atom. The van der Waals surface area contributed by atoms with E-state index in [9.17, 15) is 13.2 Å². The van der Waals surface area contributed by atoms with E-state index >= 15 is 0 Å². The summed E-state index contributed by atoms with van der Waals surface area (Å²) in [6.07, 6.45) is 2.65. The molecule has 1 aromatic carbocycles. The van der Waals surface area contributed by atoms with E-state index < -0.39 is 15.9 Å². The van der Waals surface area contributed by atoms with Gasteiger partial charge in [-0.15, -0.1) is 0 Å². The lowest BCUT2D eigenvalue weighted by Crippen LogP contribution is -2.37. The Bertz CT molecular complexity index is 782. The fraction of sp³-hybridized carbons (Fsp3) is 0.200. The number of carbonyl (C=O) groups is 1. The van der Waals surface area contributed by atoms with Crippen molar-refractivity contribution in [3.8, 4) is 0 Å². The van der Waals surface area contributed by atoms with E-state index in [0.717, 1.165) is 15.0 Å². The van der Waals surface area contributed by atoms with Crippen molar-refractivity contribution in [3.63, 3.8) is 0 Å². The van der Waals surface area contributed by atoms with Crippen molar-refractivity contribution in [3.05, 3.63) is 58.8 Å². The Morgan fingerprint density at radius 3 is 2.65 bits per heavy atom. The number of nitrogens with one attached hydrogen (secondary N) is 1. The molecule has 0 saturated heterocycles. The Labute approximate surface area is 143 Å². The second kappa shape index (κ2) is 7.67. The number of hydrogen-bond donors (Lipinski definition) is 1. The molecule has 0 spiro atoms. The standard InChI is InChI=1S/C15H16BrN3O3S/c1-23(21,22)19(10-14-6-2-3-8-17-14)11-15(20)18-13-7-4-5-12(16)9-13/h2-9H,10-11H2,1H3,(H,18,20). The third-order valence-electron chi connectivity index (χ3n) is 2.96. The van der Waals surface area contributed by atoms with Gasteiger partial charge >= 0.3 is 0 Å². The van der Waals surface area contributed by atoms with Crippen LogP contribution < -0.4 is 5.32 Å². The van der Waals surface area contributed by atoms with E-state index in [2.05, 4.69) is 26.2 Å². The quantitative estimate of drug-likeness (QED) is 0.810. The predicted octanol–water partition coefficient (Wildman–Crippen LogP) is 2.24. The van der Waals surface area contributed by atoms with Crippen LogP contribution in [0.4, 0.5) is 5.69 Å². The highest BCUT2D eigenvalue weighted by Gasteiger charge is 2.21. The van der Waals surface area contributed by atoms with Crippen LogP contribution in [0.1, 0.15) is 5.69 Å². The van der Waals surface area contributed by atoms with Gasteiger partial charge in [-0.25, -0.2) is 8.42 Å². The van der Waals surface area contributed by atoms with E-state index in [-0.39, 0.29) is 13.1 Å². The van der Waals surface area contributed by atoms with Gasteiger partial charge in [0.2, 0.25) is 15.9 Å². The first kappa shape index (κ1) is 17.6. The maximum Gasteiger partial charge on any atom is 0.239 e. The first-order valence-electron chi connectivity index (χ1n) is 6.75. The molecule has 2 rings (SSSR count). The Kier molecular flexibility index (Phi) is 5.86. The summed E-state index contributed by atoms with van der Waals surface area (Å²) in [6, 6.07) is 12.3. The molecule has 2 aromatic rings. The number of anilines is 1. The molecule has 0 bridgehead atoms. The number of sulfonamides is 1. The van der Waals surface area contributed by atoms with Gasteiger partial charge in [0, 0.05) is 16.4 Å². The van der Waals surface area contributed by atoms with Crippen molar-refractivity contribution in [2.75, 3.05) is 18.1 Å². The topological polar surface area (TPSA) is 79.4 Å². The summed E-state index contributed by atoms with van der Waals surface area (Å²) in [5, 5.41) is 2.68. The molecule has 0 atom stereocenters. The molecule has 8 heteroatoms. The highest BCUT2D eigenvalue weighted by Crippen LogP contribution is 2.16. The molecule has 6 nitrogen and oxygen atoms in total. The molecule has 1 heterocycles. The minimum atomic E-state index is -3.54. The zero-order chi connectivity index (χ0) is 16.9. The summed E-state index contributed by atoms with van der Waals surface area (Å²) in [5.41, 5.74) is 1.17. The van der Waals surface area contributed by atoms with Gasteiger partial charge < -0.3 is 5.32 Å². The zero-order valence-electron chi connectivity index (χ0n) is 12.4. The van der Waals surface area contributed by atoms with Crippen LogP contribution in [0.5, 0.6) is 0 Å². The van der Waals surface area contributed by atoms with Crippen molar-refractivity contribution in [2.24, 2.45) is 0 Å². The predicted molar refractivity (Wildman–Crippen MR) is 92.3 cm³/mol. The minimum Gasteiger partial charge on any atom is -0.325 e. The second-order valence-electron chi connectivity index (χ2n) is 4.91. The van der Waals surface area contributed by atoms with Crippen molar-refractivity contribution >= 4 is 37.5 Å². The van der Waals surface area contributed by atoms with Crippen LogP contribution in [-0.4, -0.2) is 36.4 Å². The largest absolute Gasteiger partial charge is 0.325 e. The Morgan fingerprint density at radius 2 is 2.04 bits per heavy atom. The Hall–Kier alpha value is -1.77. The normalized spacial score (nSPS) is 11.4. The lowest BCUT2D eigenvalue weighted by Gasteiger charge is -2.19. The van der Waals surface area contributed by atoms with E-state index in [0.29, 0.717) is 11.4 Å². The summed E-state index contributed by atoms with van der Waals surface area (Å²) in [7, 11) is -3.54. The number of halogens is 1. The first-order valence-corrected chi connectivity index (χ1v) is 9.39. The van der Waals surface area contributed by atoms with Crippen LogP contribution in [0.2, 0.25) is 0 Å². The molecule has 0 radical (unpaired) electrons. The summed E-state index contributed by atoms with van der Waals surface area (Å²) in [5.74, 6) is -0.413. The number of aromatic nitrogens is 1. The molecule has 0 unspecified atom stereocenters. The number of rotatable bonds is 6. The molecule has 0 aliphatic heterocycles. The molecule has 0 saturated carbocycles.